The van der Waals surface area contributed by atoms with Crippen LogP contribution in [0.4, 0.5) is 10.6 Å². The molecule has 1 saturated heterocycles. The van der Waals surface area contributed by atoms with Gasteiger partial charge in [-0.25, -0.2) is 19.7 Å². The van der Waals surface area contributed by atoms with Gasteiger partial charge in [-0.3, -0.25) is 4.79 Å². The second-order valence-corrected chi connectivity index (χ2v) is 10.8. The van der Waals surface area contributed by atoms with Crippen LogP contribution in [-0.2, 0) is 11.3 Å². The van der Waals surface area contributed by atoms with Crippen molar-refractivity contribution in [3.63, 3.8) is 0 Å². The lowest BCUT2D eigenvalue weighted by Gasteiger charge is -2.33. The molecule has 2 aromatic heterocycles. The van der Waals surface area contributed by atoms with Gasteiger partial charge in [0.15, 0.2) is 33.6 Å². The van der Waals surface area contributed by atoms with Gasteiger partial charge in [-0.1, -0.05) is 11.8 Å². The Bertz CT molecular complexity index is 1340. The number of aromatic nitrogens is 4. The number of carboxylic acid groups (broad SMARTS) is 1. The molecule has 5 rings (SSSR count). The van der Waals surface area contributed by atoms with Gasteiger partial charge in [0.2, 0.25) is 12.7 Å². The fourth-order valence-corrected chi connectivity index (χ4v) is 6.07. The number of ether oxygens (including phenoxy) is 2. The molecule has 12 nitrogen and oxygen atoms in total. The number of halogens is 1. The molecule has 37 heavy (non-hydrogen) atoms. The number of anilines is 1. The average molecular weight is 592 g/mol. The van der Waals surface area contributed by atoms with Gasteiger partial charge in [-0.05, 0) is 60.2 Å². The van der Waals surface area contributed by atoms with Crippen LogP contribution in [0.3, 0.4) is 0 Å². The second-order valence-electron chi connectivity index (χ2n) is 8.94. The summed E-state index contributed by atoms with van der Waals surface area (Å²) in [4.78, 5) is 39.3. The highest BCUT2D eigenvalue weighted by molar-refractivity contribution is 9.10. The van der Waals surface area contributed by atoms with Gasteiger partial charge >= 0.3 is 6.09 Å². The smallest absolute Gasteiger partial charge is 0.405 e. The van der Waals surface area contributed by atoms with Crippen LogP contribution in [0.5, 0.6) is 11.5 Å². The first-order valence-corrected chi connectivity index (χ1v) is 13.4. The molecule has 1 aromatic carbocycles. The number of nitrogens with zero attached hydrogens (tertiary/aromatic N) is 5. The number of aryl methyl sites for hydroxylation is 1. The number of amides is 2. The zero-order chi connectivity index (χ0) is 26.1. The summed E-state index contributed by atoms with van der Waals surface area (Å²) < 4.78 is 13.9. The molecule has 0 spiro atoms. The van der Waals surface area contributed by atoms with E-state index in [4.69, 9.17) is 25.3 Å². The van der Waals surface area contributed by atoms with E-state index in [-0.39, 0.29) is 12.7 Å². The number of hydrogen-bond donors (Lipinski definition) is 3. The van der Waals surface area contributed by atoms with Crippen molar-refractivity contribution in [3.8, 4) is 11.5 Å². The highest BCUT2D eigenvalue weighted by atomic mass is 79.9. The molecular formula is C23H26BrN7O5S. The summed E-state index contributed by atoms with van der Waals surface area (Å²) in [6.07, 6.45) is 2.79. The Balaban J connectivity index is 1.30. The molecule has 0 aliphatic carbocycles. The lowest BCUT2D eigenvalue weighted by molar-refractivity contribution is -0.134. The van der Waals surface area contributed by atoms with Crippen LogP contribution in [0.15, 0.2) is 33.0 Å². The molecule has 1 fully saturated rings. The second kappa shape index (κ2) is 10.6. The van der Waals surface area contributed by atoms with Gasteiger partial charge in [-0.15, -0.1) is 0 Å². The Labute approximate surface area is 225 Å². The zero-order valence-electron chi connectivity index (χ0n) is 20.0. The number of carbonyl (C=O) groups is 2. The number of hydrogen-bond acceptors (Lipinski definition) is 9. The fraction of sp³-hybridized carbons (Fsp3) is 0.435. The number of nitrogens with one attached hydrogen (secondary N) is 1. The molecule has 2 aliphatic heterocycles. The van der Waals surface area contributed by atoms with Gasteiger partial charge in [-0.2, -0.15) is 0 Å². The van der Waals surface area contributed by atoms with Crippen LogP contribution in [0.25, 0.3) is 11.2 Å². The molecule has 4 heterocycles. The molecule has 0 saturated carbocycles. The highest BCUT2D eigenvalue weighted by Gasteiger charge is 2.27. The molecular weight excluding hydrogens is 566 g/mol. The topological polar surface area (TPSA) is 158 Å². The number of benzene rings is 1. The number of carbonyl (C=O) groups excluding carboxylic acids is 1. The molecule has 14 heteroatoms. The van der Waals surface area contributed by atoms with Crippen molar-refractivity contribution in [1.29, 1.82) is 0 Å². The van der Waals surface area contributed by atoms with E-state index < -0.39 is 12.1 Å². The lowest BCUT2D eigenvalue weighted by atomic mass is 9.93. The molecule has 2 aliphatic rings. The largest absolute Gasteiger partial charge is 0.465 e. The van der Waals surface area contributed by atoms with E-state index in [1.54, 1.807) is 11.8 Å². The van der Waals surface area contributed by atoms with Crippen molar-refractivity contribution < 1.29 is 24.2 Å². The minimum Gasteiger partial charge on any atom is -0.465 e. The van der Waals surface area contributed by atoms with E-state index >= 15 is 0 Å². The first-order chi connectivity index (χ1) is 17.8. The maximum atomic E-state index is 12.5. The Hall–Kier alpha value is -3.26. The van der Waals surface area contributed by atoms with Crippen LogP contribution >= 0.6 is 27.7 Å². The number of fused-ring (bicyclic) bond motifs is 2. The van der Waals surface area contributed by atoms with Crippen molar-refractivity contribution in [2.45, 2.75) is 48.8 Å². The summed E-state index contributed by atoms with van der Waals surface area (Å²) in [6, 6.07) is 3.04. The number of nitrogen functional groups attached to an aromatic ring is 1. The summed E-state index contributed by atoms with van der Waals surface area (Å²) in [7, 11) is 0. The van der Waals surface area contributed by atoms with Gasteiger partial charge < -0.3 is 35.1 Å². The molecule has 4 N–H and O–H groups in total. The predicted octanol–water partition coefficient (Wildman–Crippen LogP) is 3.34. The molecule has 2 amide bonds. The molecule has 196 valence electrons. The maximum absolute atomic E-state index is 12.5. The SMILES string of the molecule is C[C@@H](NC(=O)O)C(=O)N1CCC(CCn2c(Sc3cc4c(cc3Br)OCO4)nc3c(N)ncnc32)CC1. The van der Waals surface area contributed by atoms with E-state index in [9.17, 15) is 9.59 Å². The van der Waals surface area contributed by atoms with Crippen molar-refractivity contribution in [3.05, 3.63) is 22.9 Å². The first kappa shape index (κ1) is 25.4. The number of likely N-dealkylation sites (tertiary alicyclic amines) is 1. The molecule has 0 radical (unpaired) electrons. The van der Waals surface area contributed by atoms with Gasteiger partial charge in [0.25, 0.3) is 0 Å². The van der Waals surface area contributed by atoms with E-state index in [0.29, 0.717) is 54.0 Å². The Morgan fingerprint density at radius 3 is 2.73 bits per heavy atom. The quantitative estimate of drug-likeness (QED) is 0.372. The summed E-state index contributed by atoms with van der Waals surface area (Å²) in [5.74, 6) is 1.91. The van der Waals surface area contributed by atoms with Crippen LogP contribution in [0.2, 0.25) is 0 Å². The average Bonchev–Trinajstić information content (AvgIpc) is 3.47. The number of nitrogens with two attached hydrogens (primary N) is 1. The summed E-state index contributed by atoms with van der Waals surface area (Å²) in [5.41, 5.74) is 7.34. The maximum Gasteiger partial charge on any atom is 0.405 e. The minimum absolute atomic E-state index is 0.193. The van der Waals surface area contributed by atoms with Crippen LogP contribution < -0.4 is 20.5 Å². The van der Waals surface area contributed by atoms with Crippen molar-refractivity contribution >= 4 is 56.7 Å². The summed E-state index contributed by atoms with van der Waals surface area (Å²) in [6.45, 7) is 3.63. The van der Waals surface area contributed by atoms with Crippen LogP contribution in [0, 0.1) is 5.92 Å². The number of piperidine rings is 1. The van der Waals surface area contributed by atoms with Gasteiger partial charge in [0.1, 0.15) is 12.4 Å². The standard InChI is InChI=1S/C23H26BrN7O5S/c1-12(28-23(33)34)21(32)30-5-2-13(3-6-30)4-7-31-20-18(19(25)26-10-27-20)29-22(31)37-17-9-16-15(8-14(17)24)35-11-36-16/h8-10,12-13,28H,2-7,11H2,1H3,(H,33,34)(H2,25,26,27)/t12-/m1/s1. The summed E-state index contributed by atoms with van der Waals surface area (Å²) >= 11 is 5.10. The molecule has 0 unspecified atom stereocenters. The number of rotatable bonds is 7. The lowest BCUT2D eigenvalue weighted by Crippen LogP contribution is -2.49. The Morgan fingerprint density at radius 2 is 2.00 bits per heavy atom. The third kappa shape index (κ3) is 5.39. The van der Waals surface area contributed by atoms with Crippen molar-refractivity contribution in [1.82, 2.24) is 29.7 Å². The van der Waals surface area contributed by atoms with Gasteiger partial charge in [0, 0.05) is 29.0 Å². The monoisotopic (exact) mass is 591 g/mol. The normalized spacial score (nSPS) is 16.2. The van der Waals surface area contributed by atoms with E-state index in [2.05, 4.69) is 35.8 Å². The summed E-state index contributed by atoms with van der Waals surface area (Å²) in [5, 5.41) is 11.8. The predicted molar refractivity (Wildman–Crippen MR) is 139 cm³/mol. The van der Waals surface area contributed by atoms with Crippen LogP contribution in [0.1, 0.15) is 26.2 Å². The fourth-order valence-electron chi connectivity index (χ4n) is 4.56. The third-order valence-electron chi connectivity index (χ3n) is 6.55. The van der Waals surface area contributed by atoms with Crippen LogP contribution in [-0.4, -0.2) is 67.5 Å². The molecule has 1 atom stereocenters. The molecule has 0 bridgehead atoms. The highest BCUT2D eigenvalue weighted by Crippen LogP contribution is 2.43. The Kier molecular flexibility index (Phi) is 7.29. The first-order valence-electron chi connectivity index (χ1n) is 11.8. The van der Waals surface area contributed by atoms with E-state index in [1.807, 2.05) is 12.1 Å². The van der Waals surface area contributed by atoms with E-state index in [0.717, 1.165) is 33.8 Å². The van der Waals surface area contributed by atoms with Crippen molar-refractivity contribution in [2.75, 3.05) is 25.6 Å². The third-order valence-corrected chi connectivity index (χ3v) is 8.52. The zero-order valence-corrected chi connectivity index (χ0v) is 22.4. The minimum atomic E-state index is -1.20. The van der Waals surface area contributed by atoms with Crippen molar-refractivity contribution in [2.24, 2.45) is 5.92 Å². The molecule has 3 aromatic rings. The van der Waals surface area contributed by atoms with Gasteiger partial charge in [0.05, 0.1) is 0 Å². The Morgan fingerprint density at radius 1 is 1.27 bits per heavy atom. The van der Waals surface area contributed by atoms with E-state index in [1.165, 1.54) is 18.1 Å². The number of imidazole rings is 1.